The van der Waals surface area contributed by atoms with Crippen LogP contribution in [0.5, 0.6) is 0 Å². The Balaban J connectivity index is 2.01. The number of thiazole rings is 1. The molecule has 0 radical (unpaired) electrons. The number of nitrogens with zero attached hydrogens (tertiary/aromatic N) is 3. The summed E-state index contributed by atoms with van der Waals surface area (Å²) in [6, 6.07) is 5.06. The van der Waals surface area contributed by atoms with Gasteiger partial charge in [0.05, 0.1) is 27.0 Å². The van der Waals surface area contributed by atoms with Crippen molar-refractivity contribution in [3.63, 3.8) is 0 Å². The van der Waals surface area contributed by atoms with Gasteiger partial charge in [-0.05, 0) is 38.0 Å². The third-order valence-electron chi connectivity index (χ3n) is 5.65. The van der Waals surface area contributed by atoms with Crippen LogP contribution in [0.4, 0.5) is 11.4 Å². The van der Waals surface area contributed by atoms with Crippen LogP contribution in [0.2, 0.25) is 0 Å². The van der Waals surface area contributed by atoms with Crippen molar-refractivity contribution in [3.8, 4) is 0 Å². The molecule has 176 valence electrons. The molecule has 9 heteroatoms. The minimum absolute atomic E-state index is 0.146. The first-order valence-corrected chi connectivity index (χ1v) is 13.4. The van der Waals surface area contributed by atoms with Crippen molar-refractivity contribution in [2.75, 3.05) is 36.4 Å². The molecule has 7 nitrogen and oxygen atoms in total. The van der Waals surface area contributed by atoms with Crippen LogP contribution >= 0.6 is 11.3 Å². The second-order valence-corrected chi connectivity index (χ2v) is 12.0. The monoisotopic (exact) mass is 478 g/mol. The fraction of sp³-hybridized carbons (Fsp3) is 0.565. The summed E-state index contributed by atoms with van der Waals surface area (Å²) in [4.78, 5) is 20.8. The Labute approximate surface area is 195 Å². The minimum atomic E-state index is -3.63. The number of benzene rings is 1. The van der Waals surface area contributed by atoms with E-state index in [0.717, 1.165) is 36.6 Å². The quantitative estimate of drug-likeness (QED) is 0.627. The van der Waals surface area contributed by atoms with Gasteiger partial charge in [0.15, 0.2) is 0 Å². The molecular weight excluding hydrogens is 444 g/mol. The highest BCUT2D eigenvalue weighted by Gasteiger charge is 2.27. The molecule has 1 aliphatic heterocycles. The van der Waals surface area contributed by atoms with Crippen LogP contribution in [-0.4, -0.2) is 49.8 Å². The number of aryl methyl sites for hydroxylation is 1. The molecule has 3 rings (SSSR count). The second-order valence-electron chi connectivity index (χ2n) is 9.10. The van der Waals surface area contributed by atoms with Crippen LogP contribution in [0.1, 0.15) is 67.8 Å². The third-order valence-corrected chi connectivity index (χ3v) is 9.28. The van der Waals surface area contributed by atoms with Crippen LogP contribution in [0.15, 0.2) is 23.1 Å². The van der Waals surface area contributed by atoms with Crippen molar-refractivity contribution >= 4 is 38.6 Å². The Bertz CT molecular complexity index is 1080. The first-order valence-electron chi connectivity index (χ1n) is 11.2. The van der Waals surface area contributed by atoms with Gasteiger partial charge in [-0.2, -0.15) is 4.31 Å². The van der Waals surface area contributed by atoms with Gasteiger partial charge in [-0.1, -0.05) is 34.6 Å². The highest BCUT2D eigenvalue weighted by atomic mass is 32.2. The molecule has 1 N–H and O–H groups in total. The van der Waals surface area contributed by atoms with Gasteiger partial charge in [0, 0.05) is 31.6 Å². The zero-order valence-electron chi connectivity index (χ0n) is 19.9. The first-order chi connectivity index (χ1) is 15.0. The summed E-state index contributed by atoms with van der Waals surface area (Å²) in [5, 5.41) is 3.90. The van der Waals surface area contributed by atoms with Crippen LogP contribution in [0.3, 0.4) is 0 Å². The summed E-state index contributed by atoms with van der Waals surface area (Å²) in [6.45, 7) is 14.2. The van der Waals surface area contributed by atoms with E-state index < -0.39 is 10.0 Å². The summed E-state index contributed by atoms with van der Waals surface area (Å²) in [5.74, 6) is -0.256. The molecule has 0 atom stereocenters. The lowest BCUT2D eigenvalue weighted by Gasteiger charge is -2.24. The standard InChI is InChI=1S/C23H34N4O3S2/c1-7-27(8-2)32(29,30)17-11-12-19(26-13-9-10-14-26)18(15-17)25-21(28)20-16(3)24-22(31-20)23(4,5)6/h11-12,15H,7-10,13-14H2,1-6H3,(H,25,28). The molecule has 1 aromatic carbocycles. The molecule has 1 aliphatic rings. The van der Waals surface area contributed by atoms with Gasteiger partial charge < -0.3 is 10.2 Å². The average molecular weight is 479 g/mol. The van der Waals surface area contributed by atoms with E-state index in [1.165, 1.54) is 15.6 Å². The first kappa shape index (κ1) is 24.7. The smallest absolute Gasteiger partial charge is 0.267 e. The number of hydrogen-bond donors (Lipinski definition) is 1. The van der Waals surface area contributed by atoms with Crippen molar-refractivity contribution < 1.29 is 13.2 Å². The van der Waals surface area contributed by atoms with Gasteiger partial charge in [0.1, 0.15) is 4.88 Å². The molecule has 0 aliphatic carbocycles. The fourth-order valence-corrected chi connectivity index (χ4v) is 6.33. The van der Waals surface area contributed by atoms with Crippen molar-refractivity contribution in [1.29, 1.82) is 0 Å². The third kappa shape index (κ3) is 5.00. The van der Waals surface area contributed by atoms with Gasteiger partial charge >= 0.3 is 0 Å². The fourth-order valence-electron chi connectivity index (χ4n) is 3.83. The SMILES string of the molecule is CCN(CC)S(=O)(=O)c1ccc(N2CCCC2)c(NC(=O)c2sc(C(C)(C)C)nc2C)c1. The lowest BCUT2D eigenvalue weighted by molar-refractivity contribution is 0.102. The Kier molecular flexibility index (Phi) is 7.31. The normalized spacial score (nSPS) is 14.9. The van der Waals surface area contributed by atoms with Gasteiger partial charge in [0.2, 0.25) is 10.0 Å². The highest BCUT2D eigenvalue weighted by molar-refractivity contribution is 7.89. The van der Waals surface area contributed by atoms with Crippen molar-refractivity contribution in [2.45, 2.75) is 64.7 Å². The molecule has 2 heterocycles. The number of anilines is 2. The maximum atomic E-state index is 13.2. The number of hydrogen-bond acceptors (Lipinski definition) is 6. The summed E-state index contributed by atoms with van der Waals surface area (Å²) >= 11 is 1.39. The van der Waals surface area contributed by atoms with Crippen molar-refractivity contribution in [1.82, 2.24) is 9.29 Å². The number of sulfonamides is 1. The summed E-state index contributed by atoms with van der Waals surface area (Å²) in [6.07, 6.45) is 2.16. The predicted molar refractivity (Wildman–Crippen MR) is 132 cm³/mol. The van der Waals surface area contributed by atoms with Crippen molar-refractivity contribution in [3.05, 3.63) is 33.8 Å². The Morgan fingerprint density at radius 2 is 1.81 bits per heavy atom. The number of aromatic nitrogens is 1. The van der Waals surface area contributed by atoms with Gasteiger partial charge in [0.25, 0.3) is 5.91 Å². The largest absolute Gasteiger partial charge is 0.370 e. The van der Waals surface area contributed by atoms with Gasteiger partial charge in [-0.3, -0.25) is 4.79 Å². The molecule has 1 fully saturated rings. The maximum Gasteiger partial charge on any atom is 0.267 e. The summed E-state index contributed by atoms with van der Waals surface area (Å²) in [5.41, 5.74) is 1.92. The molecule has 1 saturated heterocycles. The maximum absolute atomic E-state index is 13.2. The molecule has 32 heavy (non-hydrogen) atoms. The summed E-state index contributed by atoms with van der Waals surface area (Å²) in [7, 11) is -3.63. The number of nitrogens with one attached hydrogen (secondary N) is 1. The highest BCUT2D eigenvalue weighted by Crippen LogP contribution is 2.34. The molecule has 0 bridgehead atoms. The lowest BCUT2D eigenvalue weighted by atomic mass is 9.98. The molecule has 1 amide bonds. The minimum Gasteiger partial charge on any atom is -0.370 e. The van der Waals surface area contributed by atoms with E-state index in [4.69, 9.17) is 0 Å². The van der Waals surface area contributed by atoms with E-state index >= 15 is 0 Å². The van der Waals surface area contributed by atoms with E-state index in [1.807, 2.05) is 26.8 Å². The molecule has 0 saturated carbocycles. The van der Waals surface area contributed by atoms with Crippen LogP contribution in [0, 0.1) is 6.92 Å². The Hall–Kier alpha value is -1.97. The van der Waals surface area contributed by atoms with Crippen molar-refractivity contribution in [2.24, 2.45) is 0 Å². The summed E-state index contributed by atoms with van der Waals surface area (Å²) < 4.78 is 27.6. The molecule has 0 unspecified atom stereocenters. The molecule has 1 aromatic heterocycles. The van der Waals surface area contributed by atoms with Crippen LogP contribution in [0.25, 0.3) is 0 Å². The number of rotatable bonds is 7. The molecule has 2 aromatic rings. The lowest BCUT2D eigenvalue weighted by Crippen LogP contribution is -2.31. The second kappa shape index (κ2) is 9.49. The van der Waals surface area contributed by atoms with E-state index in [1.54, 1.807) is 12.1 Å². The topological polar surface area (TPSA) is 82.6 Å². The Morgan fingerprint density at radius 1 is 1.19 bits per heavy atom. The average Bonchev–Trinajstić information content (AvgIpc) is 3.38. The van der Waals surface area contributed by atoms with Gasteiger partial charge in [-0.25, -0.2) is 13.4 Å². The molecular formula is C23H34N4O3S2. The zero-order chi connectivity index (χ0) is 23.7. The van der Waals surface area contributed by atoms with E-state index in [2.05, 4.69) is 36.0 Å². The van der Waals surface area contributed by atoms with Gasteiger partial charge in [-0.15, -0.1) is 11.3 Å². The van der Waals surface area contributed by atoms with E-state index in [9.17, 15) is 13.2 Å². The predicted octanol–water partition coefficient (Wildman–Crippen LogP) is 4.63. The van der Waals surface area contributed by atoms with E-state index in [0.29, 0.717) is 29.3 Å². The molecule has 0 spiro atoms. The van der Waals surface area contributed by atoms with Crippen LogP contribution < -0.4 is 10.2 Å². The zero-order valence-corrected chi connectivity index (χ0v) is 21.5. The van der Waals surface area contributed by atoms with E-state index in [-0.39, 0.29) is 16.2 Å². The number of carbonyl (C=O) groups excluding carboxylic acids is 1. The number of carbonyl (C=O) groups is 1. The Morgan fingerprint density at radius 3 is 2.34 bits per heavy atom. The number of amides is 1. The van der Waals surface area contributed by atoms with Crippen LogP contribution in [-0.2, 0) is 15.4 Å².